The number of hydrogen-bond acceptors (Lipinski definition) is 7. The van der Waals surface area contributed by atoms with E-state index in [1.54, 1.807) is 12.1 Å². The number of benzene rings is 2. The monoisotopic (exact) mass is 453 g/mol. The Morgan fingerprint density at radius 1 is 1.18 bits per heavy atom. The van der Waals surface area contributed by atoms with Crippen molar-refractivity contribution >= 4 is 6.09 Å². The molecule has 0 radical (unpaired) electrons. The van der Waals surface area contributed by atoms with Crippen LogP contribution in [-0.4, -0.2) is 45.6 Å². The summed E-state index contributed by atoms with van der Waals surface area (Å²) in [4.78, 5) is 15.4. The number of nitrogens with one attached hydrogen (secondary N) is 2. The number of rotatable bonds is 11. The van der Waals surface area contributed by atoms with Crippen LogP contribution in [0.1, 0.15) is 46.4 Å². The van der Waals surface area contributed by atoms with Gasteiger partial charge in [0.15, 0.2) is 5.82 Å². The average molecular weight is 454 g/mol. The summed E-state index contributed by atoms with van der Waals surface area (Å²) in [5.74, 6) is 1.21. The molecule has 3 rings (SSSR count). The highest BCUT2D eigenvalue weighted by atomic mass is 16.5. The summed E-state index contributed by atoms with van der Waals surface area (Å²) in [7, 11) is 0. The van der Waals surface area contributed by atoms with Crippen molar-refractivity contribution in [3.05, 3.63) is 76.4 Å². The molecule has 1 heterocycles. The minimum atomic E-state index is -1.08. The smallest absolute Gasteiger partial charge is 0.404 e. The Balaban J connectivity index is 1.65. The second-order valence-corrected chi connectivity index (χ2v) is 8.21. The number of aromatic hydroxyl groups is 1. The number of carbonyl (C=O) groups is 1. The number of hydrogen-bond donors (Lipinski definition) is 5. The molecule has 2 atom stereocenters. The summed E-state index contributed by atoms with van der Waals surface area (Å²) in [6, 6.07) is 12.8. The van der Waals surface area contributed by atoms with Crippen molar-refractivity contribution in [1.82, 2.24) is 20.8 Å². The molecule has 33 heavy (non-hydrogen) atoms. The van der Waals surface area contributed by atoms with Gasteiger partial charge in [0.25, 0.3) is 0 Å². The highest BCUT2D eigenvalue weighted by Crippen LogP contribution is 2.22. The van der Waals surface area contributed by atoms with E-state index in [0.29, 0.717) is 37.5 Å². The molecule has 1 aromatic heterocycles. The van der Waals surface area contributed by atoms with Gasteiger partial charge in [-0.1, -0.05) is 35.5 Å². The Bertz CT molecular complexity index is 1030. The molecule has 9 nitrogen and oxygen atoms in total. The molecule has 3 aromatic rings. The molecule has 0 fully saturated rings. The first-order chi connectivity index (χ1) is 15.8. The van der Waals surface area contributed by atoms with Gasteiger partial charge in [0.2, 0.25) is 5.89 Å². The molecule has 1 amide bonds. The lowest BCUT2D eigenvalue weighted by atomic mass is 9.96. The molecule has 0 spiro atoms. The van der Waals surface area contributed by atoms with Gasteiger partial charge in [-0.15, -0.1) is 0 Å². The third kappa shape index (κ3) is 7.30. The second-order valence-electron chi connectivity index (χ2n) is 8.21. The van der Waals surface area contributed by atoms with E-state index in [4.69, 9.17) is 15.4 Å². The minimum absolute atomic E-state index is 0.200. The van der Waals surface area contributed by atoms with Gasteiger partial charge in [-0.2, -0.15) is 4.98 Å². The van der Waals surface area contributed by atoms with E-state index in [-0.39, 0.29) is 24.4 Å². The predicted molar refractivity (Wildman–Crippen MR) is 124 cm³/mol. The molecule has 2 aromatic carbocycles. The Morgan fingerprint density at radius 3 is 2.55 bits per heavy atom. The van der Waals surface area contributed by atoms with Crippen LogP contribution >= 0.6 is 0 Å². The number of nitrogens with zero attached hydrogens (tertiary/aromatic N) is 2. The number of phenols is 1. The van der Waals surface area contributed by atoms with Gasteiger partial charge in [-0.05, 0) is 61.1 Å². The fourth-order valence-electron chi connectivity index (χ4n) is 3.82. The van der Waals surface area contributed by atoms with Gasteiger partial charge in [0.05, 0.1) is 6.04 Å². The standard InChI is InChI=1S/C24H31N5O4/c1-15-10-19(30)11-16(2)20(15)13-18(25)14-27-21(8-9-26-24(31)32)23-28-22(29-33-23)12-17-6-4-3-5-7-17/h3-7,10-11,18,21,26-27,30H,8-9,12-14,25H2,1-2H3,(H,31,32)/t18-,21-/m0/s1. The average Bonchev–Trinajstić information content (AvgIpc) is 3.21. The van der Waals surface area contributed by atoms with E-state index >= 15 is 0 Å². The first-order valence-electron chi connectivity index (χ1n) is 10.9. The lowest BCUT2D eigenvalue weighted by Crippen LogP contribution is -2.39. The van der Waals surface area contributed by atoms with Crippen LogP contribution in [0.4, 0.5) is 4.79 Å². The van der Waals surface area contributed by atoms with Crippen molar-refractivity contribution in [2.24, 2.45) is 5.73 Å². The lowest BCUT2D eigenvalue weighted by molar-refractivity contribution is 0.193. The van der Waals surface area contributed by atoms with E-state index in [2.05, 4.69) is 20.8 Å². The molecular weight excluding hydrogens is 422 g/mol. The summed E-state index contributed by atoms with van der Waals surface area (Å²) >= 11 is 0. The quantitative estimate of drug-likeness (QED) is 0.298. The van der Waals surface area contributed by atoms with Crippen molar-refractivity contribution in [3.63, 3.8) is 0 Å². The summed E-state index contributed by atoms with van der Waals surface area (Å²) in [5.41, 5.74) is 10.6. The third-order valence-corrected chi connectivity index (χ3v) is 5.47. The number of aromatic nitrogens is 2. The molecule has 0 bridgehead atoms. The van der Waals surface area contributed by atoms with Gasteiger partial charge in [-0.3, -0.25) is 0 Å². The first-order valence-corrected chi connectivity index (χ1v) is 10.9. The molecule has 176 valence electrons. The normalized spacial score (nSPS) is 12.9. The van der Waals surface area contributed by atoms with Gasteiger partial charge < -0.3 is 31.1 Å². The summed E-state index contributed by atoms with van der Waals surface area (Å²) in [5, 5.41) is 28.5. The van der Waals surface area contributed by atoms with Crippen molar-refractivity contribution in [2.75, 3.05) is 13.1 Å². The van der Waals surface area contributed by atoms with Crippen LogP contribution in [0.3, 0.4) is 0 Å². The van der Waals surface area contributed by atoms with E-state index in [9.17, 15) is 9.90 Å². The Morgan fingerprint density at radius 2 is 1.88 bits per heavy atom. The molecule has 0 aliphatic rings. The zero-order chi connectivity index (χ0) is 23.8. The molecule has 0 saturated carbocycles. The fraction of sp³-hybridized carbons (Fsp3) is 0.375. The highest BCUT2D eigenvalue weighted by Gasteiger charge is 2.21. The van der Waals surface area contributed by atoms with Gasteiger partial charge >= 0.3 is 6.09 Å². The Hall–Kier alpha value is -3.43. The molecule has 0 aliphatic heterocycles. The molecule has 0 unspecified atom stereocenters. The van der Waals surface area contributed by atoms with Gasteiger partial charge in [0, 0.05) is 25.6 Å². The number of nitrogens with two attached hydrogens (primary N) is 1. The van der Waals surface area contributed by atoms with Crippen LogP contribution in [0.2, 0.25) is 0 Å². The van der Waals surface area contributed by atoms with Crippen LogP contribution < -0.4 is 16.4 Å². The van der Waals surface area contributed by atoms with E-state index in [0.717, 1.165) is 22.3 Å². The zero-order valence-electron chi connectivity index (χ0n) is 18.9. The maximum absolute atomic E-state index is 10.9. The molecular formula is C24H31N5O4. The minimum Gasteiger partial charge on any atom is -0.508 e. The van der Waals surface area contributed by atoms with Crippen LogP contribution in [0.5, 0.6) is 5.75 Å². The maximum atomic E-state index is 10.9. The predicted octanol–water partition coefficient (Wildman–Crippen LogP) is 2.84. The zero-order valence-corrected chi connectivity index (χ0v) is 18.9. The summed E-state index contributed by atoms with van der Waals surface area (Å²) < 4.78 is 5.49. The number of aryl methyl sites for hydroxylation is 2. The fourth-order valence-corrected chi connectivity index (χ4v) is 3.82. The van der Waals surface area contributed by atoms with Crippen LogP contribution in [0.15, 0.2) is 47.0 Å². The van der Waals surface area contributed by atoms with Gasteiger partial charge in [0.1, 0.15) is 5.75 Å². The molecule has 0 aliphatic carbocycles. The van der Waals surface area contributed by atoms with Crippen molar-refractivity contribution in [1.29, 1.82) is 0 Å². The van der Waals surface area contributed by atoms with Crippen molar-refractivity contribution in [2.45, 2.75) is 45.2 Å². The van der Waals surface area contributed by atoms with Crippen LogP contribution in [0, 0.1) is 13.8 Å². The van der Waals surface area contributed by atoms with E-state index in [1.807, 2.05) is 44.2 Å². The van der Waals surface area contributed by atoms with E-state index < -0.39 is 6.09 Å². The SMILES string of the molecule is Cc1cc(O)cc(C)c1C[C@H](N)CN[C@@H](CCNC(=O)O)c1nc(Cc2ccccc2)no1. The second kappa shape index (κ2) is 11.4. The first kappa shape index (κ1) is 24.2. The highest BCUT2D eigenvalue weighted by molar-refractivity contribution is 5.64. The van der Waals surface area contributed by atoms with E-state index in [1.165, 1.54) is 0 Å². The maximum Gasteiger partial charge on any atom is 0.404 e. The molecule has 9 heteroatoms. The molecule has 6 N–H and O–H groups in total. The number of phenolic OH excluding ortho intramolecular Hbond substituents is 1. The third-order valence-electron chi connectivity index (χ3n) is 5.47. The van der Waals surface area contributed by atoms with Crippen molar-refractivity contribution < 1.29 is 19.5 Å². The lowest BCUT2D eigenvalue weighted by Gasteiger charge is -2.20. The summed E-state index contributed by atoms with van der Waals surface area (Å²) in [6.07, 6.45) is 0.528. The number of carboxylic acid groups (broad SMARTS) is 1. The Kier molecular flexibility index (Phi) is 8.39. The van der Waals surface area contributed by atoms with Crippen LogP contribution in [0.25, 0.3) is 0 Å². The van der Waals surface area contributed by atoms with Gasteiger partial charge in [-0.25, -0.2) is 4.79 Å². The number of amides is 1. The Labute approximate surface area is 193 Å². The summed E-state index contributed by atoms with van der Waals surface area (Å²) in [6.45, 7) is 4.60. The largest absolute Gasteiger partial charge is 0.508 e. The van der Waals surface area contributed by atoms with Crippen LogP contribution in [-0.2, 0) is 12.8 Å². The molecule has 0 saturated heterocycles. The topological polar surface area (TPSA) is 147 Å². The van der Waals surface area contributed by atoms with Crippen molar-refractivity contribution in [3.8, 4) is 5.75 Å².